The lowest BCUT2D eigenvalue weighted by Gasteiger charge is -2.20. The first kappa shape index (κ1) is 36.5. The van der Waals surface area contributed by atoms with E-state index in [2.05, 4.69) is 6.92 Å². The quantitative estimate of drug-likeness (QED) is 0.0603. The van der Waals surface area contributed by atoms with E-state index in [1.807, 2.05) is 43.3 Å². The highest BCUT2D eigenvalue weighted by atomic mass is 19.4. The Morgan fingerprint density at radius 2 is 1.15 bits per heavy atom. The Morgan fingerprint density at radius 1 is 0.604 bits per heavy atom. The van der Waals surface area contributed by atoms with Crippen LogP contribution >= 0.6 is 0 Å². The molecular formula is C40H45F3O5. The third kappa shape index (κ3) is 11.1. The maximum atomic E-state index is 13.5. The summed E-state index contributed by atoms with van der Waals surface area (Å²) in [6, 6.07) is 24.4. The molecule has 0 aliphatic heterocycles. The summed E-state index contributed by atoms with van der Waals surface area (Å²) in [6.07, 6.45) is 2.98. The summed E-state index contributed by atoms with van der Waals surface area (Å²) in [6.45, 7) is 4.90. The number of esters is 2. The molecule has 0 fully saturated rings. The van der Waals surface area contributed by atoms with Crippen LogP contribution in [0.15, 0.2) is 84.9 Å². The zero-order chi connectivity index (χ0) is 34.4. The SMILES string of the molecule is CCCCCCCCOc1ccc(-c2ccc(C(=O)Oc3ccc4cc(C(=O)OC(CCCCCC)C(F)(F)F)ccc4c3)cc2)cc1. The van der Waals surface area contributed by atoms with Gasteiger partial charge in [0.1, 0.15) is 11.5 Å². The summed E-state index contributed by atoms with van der Waals surface area (Å²) in [7, 11) is 0. The van der Waals surface area contributed by atoms with Crippen molar-refractivity contribution in [1.29, 1.82) is 0 Å². The predicted molar refractivity (Wildman–Crippen MR) is 184 cm³/mol. The standard InChI is InChI=1S/C40H45F3O5/c1-3-5-7-9-10-12-26-46-35-23-20-30(21-24-35)29-14-16-31(17-15-29)38(44)47-36-25-22-32-27-34(19-18-33(32)28-36)39(45)48-37(40(41,42)43)13-11-8-6-4-2/h14-25,27-28,37H,3-13,26H2,1-2H3. The second kappa shape index (κ2) is 18.3. The molecule has 4 aromatic rings. The van der Waals surface area contributed by atoms with Gasteiger partial charge in [-0.25, -0.2) is 9.59 Å². The van der Waals surface area contributed by atoms with Gasteiger partial charge in [-0.15, -0.1) is 0 Å². The zero-order valence-electron chi connectivity index (χ0n) is 27.8. The molecule has 0 heterocycles. The number of unbranched alkanes of at least 4 members (excludes halogenated alkanes) is 8. The number of benzene rings is 4. The molecule has 8 heteroatoms. The van der Waals surface area contributed by atoms with Crippen LogP contribution < -0.4 is 9.47 Å². The lowest BCUT2D eigenvalue weighted by Crippen LogP contribution is -2.33. The van der Waals surface area contributed by atoms with E-state index in [0.29, 0.717) is 41.5 Å². The summed E-state index contributed by atoms with van der Waals surface area (Å²) < 4.78 is 56.8. The van der Waals surface area contributed by atoms with Crippen molar-refractivity contribution in [1.82, 2.24) is 0 Å². The minimum atomic E-state index is -4.63. The average Bonchev–Trinajstić information content (AvgIpc) is 3.08. The first-order valence-electron chi connectivity index (χ1n) is 17.0. The maximum absolute atomic E-state index is 13.5. The number of fused-ring (bicyclic) bond motifs is 1. The molecule has 48 heavy (non-hydrogen) atoms. The van der Waals surface area contributed by atoms with Crippen LogP contribution in [0.4, 0.5) is 13.2 Å². The molecule has 0 saturated carbocycles. The van der Waals surface area contributed by atoms with Crippen molar-refractivity contribution in [3.63, 3.8) is 0 Å². The van der Waals surface area contributed by atoms with E-state index in [1.54, 1.807) is 36.4 Å². The van der Waals surface area contributed by atoms with Gasteiger partial charge in [0.15, 0.2) is 6.10 Å². The number of carbonyl (C=O) groups excluding carboxylic acids is 2. The molecule has 256 valence electrons. The van der Waals surface area contributed by atoms with E-state index in [0.717, 1.165) is 36.1 Å². The van der Waals surface area contributed by atoms with Crippen molar-refractivity contribution < 1.29 is 37.0 Å². The average molecular weight is 663 g/mol. The Labute approximate surface area is 281 Å². The Balaban J connectivity index is 1.31. The van der Waals surface area contributed by atoms with Gasteiger partial charge in [0.2, 0.25) is 0 Å². The van der Waals surface area contributed by atoms with E-state index >= 15 is 0 Å². The number of hydrogen-bond acceptors (Lipinski definition) is 5. The van der Waals surface area contributed by atoms with Gasteiger partial charge >= 0.3 is 18.1 Å². The van der Waals surface area contributed by atoms with Crippen LogP contribution in [-0.4, -0.2) is 30.8 Å². The fourth-order valence-corrected chi connectivity index (χ4v) is 5.44. The number of halogens is 3. The Hall–Kier alpha value is -4.33. The molecule has 0 aliphatic rings. The van der Waals surface area contributed by atoms with E-state index < -0.39 is 24.2 Å². The first-order valence-corrected chi connectivity index (χ1v) is 17.0. The number of hydrogen-bond donors (Lipinski definition) is 0. The van der Waals surface area contributed by atoms with Gasteiger partial charge in [-0.3, -0.25) is 0 Å². The smallest absolute Gasteiger partial charge is 0.425 e. The molecule has 0 saturated heterocycles. The van der Waals surface area contributed by atoms with Crippen LogP contribution in [0.25, 0.3) is 21.9 Å². The van der Waals surface area contributed by atoms with Crippen LogP contribution in [0.3, 0.4) is 0 Å². The highest BCUT2D eigenvalue weighted by molar-refractivity contribution is 5.96. The monoisotopic (exact) mass is 662 g/mol. The molecule has 5 nitrogen and oxygen atoms in total. The first-order chi connectivity index (χ1) is 23.2. The zero-order valence-corrected chi connectivity index (χ0v) is 27.8. The Bertz CT molecular complexity index is 1600. The van der Waals surface area contributed by atoms with Gasteiger partial charge in [-0.1, -0.05) is 102 Å². The highest BCUT2D eigenvalue weighted by Crippen LogP contribution is 2.30. The van der Waals surface area contributed by atoms with Crippen LogP contribution in [0.1, 0.15) is 105 Å². The van der Waals surface area contributed by atoms with Gasteiger partial charge in [-0.2, -0.15) is 13.2 Å². The Morgan fingerprint density at radius 3 is 1.81 bits per heavy atom. The molecule has 4 aromatic carbocycles. The van der Waals surface area contributed by atoms with Gasteiger partial charge in [-0.05, 0) is 89.7 Å². The molecule has 1 unspecified atom stereocenters. The third-order valence-corrected chi connectivity index (χ3v) is 8.27. The van der Waals surface area contributed by atoms with E-state index in [4.69, 9.17) is 14.2 Å². The van der Waals surface area contributed by atoms with Crippen molar-refractivity contribution >= 4 is 22.7 Å². The topological polar surface area (TPSA) is 61.8 Å². The van der Waals surface area contributed by atoms with Crippen LogP contribution in [0.5, 0.6) is 11.5 Å². The molecule has 0 amide bonds. The van der Waals surface area contributed by atoms with Crippen molar-refractivity contribution in [2.24, 2.45) is 0 Å². The molecule has 4 rings (SSSR count). The molecule has 0 radical (unpaired) electrons. The predicted octanol–water partition coefficient (Wildman–Crippen LogP) is 11.5. The maximum Gasteiger partial charge on any atom is 0.425 e. The largest absolute Gasteiger partial charge is 0.494 e. The van der Waals surface area contributed by atoms with Crippen LogP contribution in [0.2, 0.25) is 0 Å². The van der Waals surface area contributed by atoms with E-state index in [1.165, 1.54) is 44.2 Å². The van der Waals surface area contributed by atoms with Gasteiger partial charge in [0.25, 0.3) is 0 Å². The number of carbonyl (C=O) groups is 2. The fraction of sp³-hybridized carbons (Fsp3) is 0.400. The molecule has 0 N–H and O–H groups in total. The van der Waals surface area contributed by atoms with Crippen molar-refractivity contribution in [3.8, 4) is 22.6 Å². The molecule has 0 bridgehead atoms. The number of alkyl halides is 3. The lowest BCUT2D eigenvalue weighted by atomic mass is 10.0. The normalized spacial score (nSPS) is 12.1. The molecule has 0 aliphatic carbocycles. The van der Waals surface area contributed by atoms with Crippen molar-refractivity contribution in [2.45, 2.75) is 96.8 Å². The third-order valence-electron chi connectivity index (χ3n) is 8.27. The molecular weight excluding hydrogens is 617 g/mol. The second-order valence-corrected chi connectivity index (χ2v) is 12.1. The van der Waals surface area contributed by atoms with E-state index in [-0.39, 0.29) is 12.0 Å². The van der Waals surface area contributed by atoms with Gasteiger partial charge in [0, 0.05) is 0 Å². The van der Waals surface area contributed by atoms with Crippen molar-refractivity contribution in [3.05, 3.63) is 96.1 Å². The minimum Gasteiger partial charge on any atom is -0.494 e. The van der Waals surface area contributed by atoms with Gasteiger partial charge < -0.3 is 14.2 Å². The summed E-state index contributed by atoms with van der Waals surface area (Å²) in [5.74, 6) is -0.423. The molecule has 1 atom stereocenters. The second-order valence-electron chi connectivity index (χ2n) is 12.1. The summed E-state index contributed by atoms with van der Waals surface area (Å²) >= 11 is 0. The lowest BCUT2D eigenvalue weighted by molar-refractivity contribution is -0.206. The number of ether oxygens (including phenoxy) is 3. The van der Waals surface area contributed by atoms with Crippen LogP contribution in [0, 0.1) is 0 Å². The highest BCUT2D eigenvalue weighted by Gasteiger charge is 2.42. The minimum absolute atomic E-state index is 0.0190. The number of rotatable bonds is 18. The van der Waals surface area contributed by atoms with Crippen LogP contribution in [-0.2, 0) is 4.74 Å². The van der Waals surface area contributed by atoms with E-state index in [9.17, 15) is 22.8 Å². The van der Waals surface area contributed by atoms with Crippen molar-refractivity contribution in [2.75, 3.05) is 6.61 Å². The molecule has 0 aromatic heterocycles. The summed E-state index contributed by atoms with van der Waals surface area (Å²) in [5.41, 5.74) is 2.35. The Kier molecular flexibility index (Phi) is 13.9. The summed E-state index contributed by atoms with van der Waals surface area (Å²) in [5, 5.41) is 1.25. The summed E-state index contributed by atoms with van der Waals surface area (Å²) in [4.78, 5) is 25.5. The molecule has 0 spiro atoms. The fourth-order valence-electron chi connectivity index (χ4n) is 5.44. The van der Waals surface area contributed by atoms with Gasteiger partial charge in [0.05, 0.1) is 17.7 Å².